The molecule has 0 radical (unpaired) electrons. The molecule has 1 aliphatic heterocycles. The van der Waals surface area contributed by atoms with E-state index in [1.165, 1.54) is 22.8 Å². The minimum absolute atomic E-state index is 0.133. The summed E-state index contributed by atoms with van der Waals surface area (Å²) in [6.45, 7) is 0.587. The molecule has 11 heteroatoms. The first kappa shape index (κ1) is 23.4. The van der Waals surface area contributed by atoms with Crippen LogP contribution in [-0.4, -0.2) is 55.1 Å². The molecule has 1 saturated heterocycles. The van der Waals surface area contributed by atoms with Gasteiger partial charge in [-0.25, -0.2) is 8.42 Å². The molecule has 0 saturated carbocycles. The Hall–Kier alpha value is -3.31. The number of piperidine rings is 1. The lowest BCUT2D eigenvalue weighted by atomic mass is 9.97. The van der Waals surface area contributed by atoms with Crippen LogP contribution in [0.2, 0.25) is 0 Å². The number of nitrogens with two attached hydrogens (primary N) is 1. The van der Waals surface area contributed by atoms with E-state index >= 15 is 0 Å². The molecule has 0 spiro atoms. The molecule has 170 valence electrons. The van der Waals surface area contributed by atoms with E-state index in [1.807, 2.05) is 0 Å². The fourth-order valence-corrected chi connectivity index (χ4v) is 4.82. The maximum Gasteiger partial charge on any atom is 0.251 e. The summed E-state index contributed by atoms with van der Waals surface area (Å²) in [6, 6.07) is 9.70. The zero-order chi connectivity index (χ0) is 23.1. The Kier molecular flexibility index (Phi) is 7.54. The molecule has 1 fully saturated rings. The predicted octanol–water partition coefficient (Wildman–Crippen LogP) is 0.0138. The molecule has 0 aliphatic carbocycles. The van der Waals surface area contributed by atoms with Gasteiger partial charge >= 0.3 is 0 Å². The number of pyridine rings is 1. The van der Waals surface area contributed by atoms with E-state index in [0.29, 0.717) is 18.4 Å². The molecule has 0 unspecified atom stereocenters. The van der Waals surface area contributed by atoms with Crippen molar-refractivity contribution in [2.75, 3.05) is 19.6 Å². The van der Waals surface area contributed by atoms with Gasteiger partial charge in [-0.3, -0.25) is 19.4 Å². The van der Waals surface area contributed by atoms with Gasteiger partial charge in [-0.05, 0) is 42.7 Å². The van der Waals surface area contributed by atoms with Crippen LogP contribution in [-0.2, 0) is 26.2 Å². The van der Waals surface area contributed by atoms with Crippen molar-refractivity contribution in [3.8, 4) is 0 Å². The van der Waals surface area contributed by atoms with Gasteiger partial charge < -0.3 is 16.4 Å². The second-order valence-corrected chi connectivity index (χ2v) is 9.37. The summed E-state index contributed by atoms with van der Waals surface area (Å²) in [6.07, 6.45) is 3.71. The lowest BCUT2D eigenvalue weighted by molar-refractivity contribution is -0.126. The molecule has 2 heterocycles. The lowest BCUT2D eigenvalue weighted by Gasteiger charge is -2.30. The average Bonchev–Trinajstić information content (AvgIpc) is 2.82. The van der Waals surface area contributed by atoms with Gasteiger partial charge in [0.1, 0.15) is 4.90 Å². The second-order valence-electron chi connectivity index (χ2n) is 7.43. The van der Waals surface area contributed by atoms with Crippen LogP contribution < -0.4 is 16.4 Å². The third-order valence-corrected chi connectivity index (χ3v) is 7.09. The van der Waals surface area contributed by atoms with Gasteiger partial charge in [0, 0.05) is 43.5 Å². The summed E-state index contributed by atoms with van der Waals surface area (Å²) in [7, 11) is -3.61. The molecule has 2 aromatic rings. The number of nitrogens with one attached hydrogen (secondary N) is 2. The first-order valence-electron chi connectivity index (χ1n) is 10.1. The van der Waals surface area contributed by atoms with Crippen molar-refractivity contribution in [1.82, 2.24) is 19.9 Å². The number of sulfonamides is 1. The molecule has 0 bridgehead atoms. The second kappa shape index (κ2) is 10.3. The SMILES string of the molecule is NC(=O)CNC(=O)c1ccc(CNC(=O)C2CCN(S(=O)(=O)c3cccnc3)CC2)cc1. The molecule has 1 aromatic carbocycles. The van der Waals surface area contributed by atoms with Crippen molar-refractivity contribution in [3.63, 3.8) is 0 Å². The Balaban J connectivity index is 1.47. The van der Waals surface area contributed by atoms with Gasteiger partial charge in [-0.15, -0.1) is 0 Å². The van der Waals surface area contributed by atoms with Crippen molar-refractivity contribution in [2.24, 2.45) is 11.7 Å². The van der Waals surface area contributed by atoms with Crippen LogP contribution in [0.4, 0.5) is 0 Å². The third kappa shape index (κ3) is 5.89. The van der Waals surface area contributed by atoms with E-state index in [9.17, 15) is 22.8 Å². The minimum Gasteiger partial charge on any atom is -0.368 e. The molecule has 32 heavy (non-hydrogen) atoms. The van der Waals surface area contributed by atoms with E-state index < -0.39 is 21.8 Å². The highest BCUT2D eigenvalue weighted by molar-refractivity contribution is 7.89. The van der Waals surface area contributed by atoms with Crippen molar-refractivity contribution < 1.29 is 22.8 Å². The van der Waals surface area contributed by atoms with E-state index in [1.54, 1.807) is 30.3 Å². The highest BCUT2D eigenvalue weighted by atomic mass is 32.2. The van der Waals surface area contributed by atoms with Crippen LogP contribution in [0, 0.1) is 5.92 Å². The number of benzene rings is 1. The quantitative estimate of drug-likeness (QED) is 0.506. The highest BCUT2D eigenvalue weighted by Gasteiger charge is 2.32. The summed E-state index contributed by atoms with van der Waals surface area (Å²) in [5.74, 6) is -1.44. The number of hydrogen-bond donors (Lipinski definition) is 3. The van der Waals surface area contributed by atoms with Gasteiger partial charge in [-0.2, -0.15) is 4.31 Å². The first-order chi connectivity index (χ1) is 15.3. The Morgan fingerprint density at radius 2 is 1.75 bits per heavy atom. The van der Waals surface area contributed by atoms with Crippen molar-refractivity contribution in [3.05, 3.63) is 59.9 Å². The summed E-state index contributed by atoms with van der Waals surface area (Å²) in [5.41, 5.74) is 6.18. The highest BCUT2D eigenvalue weighted by Crippen LogP contribution is 2.23. The van der Waals surface area contributed by atoms with Crippen LogP contribution in [0.5, 0.6) is 0 Å². The maximum atomic E-state index is 12.7. The van der Waals surface area contributed by atoms with Crippen LogP contribution in [0.25, 0.3) is 0 Å². The predicted molar refractivity (Wildman–Crippen MR) is 116 cm³/mol. The number of carbonyl (C=O) groups is 3. The summed E-state index contributed by atoms with van der Waals surface area (Å²) < 4.78 is 26.7. The molecule has 10 nitrogen and oxygen atoms in total. The van der Waals surface area contributed by atoms with Crippen LogP contribution in [0.1, 0.15) is 28.8 Å². The van der Waals surface area contributed by atoms with Gasteiger partial charge in [0.15, 0.2) is 0 Å². The van der Waals surface area contributed by atoms with E-state index in [4.69, 9.17) is 5.73 Å². The monoisotopic (exact) mass is 459 g/mol. The Labute approximate surface area is 186 Å². The number of primary amides is 1. The largest absolute Gasteiger partial charge is 0.368 e. The molecule has 0 atom stereocenters. The number of nitrogens with zero attached hydrogens (tertiary/aromatic N) is 2. The molecule has 1 aromatic heterocycles. The lowest BCUT2D eigenvalue weighted by Crippen LogP contribution is -2.42. The van der Waals surface area contributed by atoms with Gasteiger partial charge in [0.25, 0.3) is 5.91 Å². The van der Waals surface area contributed by atoms with E-state index in [2.05, 4.69) is 15.6 Å². The maximum absolute atomic E-state index is 12.7. The summed E-state index contributed by atoms with van der Waals surface area (Å²) in [5, 5.41) is 5.27. The van der Waals surface area contributed by atoms with Crippen LogP contribution in [0.3, 0.4) is 0 Å². The number of hydrogen-bond acceptors (Lipinski definition) is 6. The van der Waals surface area contributed by atoms with Gasteiger partial charge in [0.05, 0.1) is 6.54 Å². The Bertz CT molecular complexity index is 1070. The van der Waals surface area contributed by atoms with Gasteiger partial charge in [-0.1, -0.05) is 12.1 Å². The van der Waals surface area contributed by atoms with Crippen molar-refractivity contribution in [1.29, 1.82) is 0 Å². The standard InChI is InChI=1S/C21H25N5O5S/c22-19(27)14-25-20(28)16-5-3-15(4-6-16)12-24-21(29)17-7-10-26(11-8-17)32(30,31)18-2-1-9-23-13-18/h1-6,9,13,17H,7-8,10-12,14H2,(H2,22,27)(H,24,29)(H,25,28). The molecule has 3 amide bonds. The molecule has 3 rings (SSSR count). The average molecular weight is 460 g/mol. The Morgan fingerprint density at radius 1 is 1.06 bits per heavy atom. The number of aromatic nitrogens is 1. The Morgan fingerprint density at radius 3 is 2.34 bits per heavy atom. The molecule has 1 aliphatic rings. The van der Waals surface area contributed by atoms with Crippen molar-refractivity contribution >= 4 is 27.7 Å². The third-order valence-electron chi connectivity index (χ3n) is 5.20. The number of amides is 3. The summed E-state index contributed by atoms with van der Waals surface area (Å²) >= 11 is 0. The zero-order valence-corrected chi connectivity index (χ0v) is 18.2. The zero-order valence-electron chi connectivity index (χ0n) is 17.4. The van der Waals surface area contributed by atoms with Gasteiger partial charge in [0.2, 0.25) is 21.8 Å². The fourth-order valence-electron chi connectivity index (χ4n) is 3.38. The topological polar surface area (TPSA) is 152 Å². The minimum atomic E-state index is -3.61. The van der Waals surface area contributed by atoms with Crippen molar-refractivity contribution in [2.45, 2.75) is 24.3 Å². The first-order valence-corrected chi connectivity index (χ1v) is 11.5. The van der Waals surface area contributed by atoms with Crippen LogP contribution in [0.15, 0.2) is 53.7 Å². The summed E-state index contributed by atoms with van der Waals surface area (Å²) in [4.78, 5) is 39.2. The fraction of sp³-hybridized carbons (Fsp3) is 0.333. The smallest absolute Gasteiger partial charge is 0.251 e. The molecule has 4 N–H and O–H groups in total. The number of carbonyl (C=O) groups excluding carboxylic acids is 3. The normalized spacial score (nSPS) is 15.1. The van der Waals surface area contributed by atoms with Crippen LogP contribution >= 0.6 is 0 Å². The number of rotatable bonds is 8. The molecular formula is C21H25N5O5S. The molecular weight excluding hydrogens is 434 g/mol. The van der Waals surface area contributed by atoms with E-state index in [-0.39, 0.29) is 42.9 Å². The van der Waals surface area contributed by atoms with E-state index in [0.717, 1.165) is 5.56 Å².